The summed E-state index contributed by atoms with van der Waals surface area (Å²) >= 11 is 0. The van der Waals surface area contributed by atoms with E-state index in [1.165, 1.54) is 17.5 Å². The number of hydrogen-bond acceptors (Lipinski definition) is 3. The van der Waals surface area contributed by atoms with Crippen molar-refractivity contribution >= 4 is 12.4 Å². The van der Waals surface area contributed by atoms with Gasteiger partial charge in [0.25, 0.3) is 0 Å². The molecule has 0 aromatic heterocycles. The van der Waals surface area contributed by atoms with Crippen molar-refractivity contribution in [2.24, 2.45) is 11.7 Å². The molecule has 0 spiro atoms. The lowest BCUT2D eigenvalue weighted by Crippen LogP contribution is -2.27. The van der Waals surface area contributed by atoms with Gasteiger partial charge in [-0.2, -0.15) is 0 Å². The molecule has 1 saturated heterocycles. The van der Waals surface area contributed by atoms with E-state index >= 15 is 0 Å². The SMILES string of the molecule is Cc1cc(OCCN2CCC(CN)C2)ccc1C(C)C.Cl. The Kier molecular flexibility index (Phi) is 7.50. The van der Waals surface area contributed by atoms with Gasteiger partial charge in [0, 0.05) is 13.1 Å². The fourth-order valence-corrected chi connectivity index (χ4v) is 2.99. The minimum atomic E-state index is 0. The Hall–Kier alpha value is -0.770. The van der Waals surface area contributed by atoms with Crippen molar-refractivity contribution < 1.29 is 4.74 Å². The Balaban J connectivity index is 0.00000220. The van der Waals surface area contributed by atoms with Gasteiger partial charge in [-0.3, -0.25) is 4.90 Å². The van der Waals surface area contributed by atoms with Crippen molar-refractivity contribution in [1.82, 2.24) is 4.90 Å². The van der Waals surface area contributed by atoms with Gasteiger partial charge in [-0.15, -0.1) is 12.4 Å². The van der Waals surface area contributed by atoms with E-state index in [9.17, 15) is 0 Å². The van der Waals surface area contributed by atoms with Crippen molar-refractivity contribution in [2.45, 2.75) is 33.1 Å². The van der Waals surface area contributed by atoms with Gasteiger partial charge in [0.05, 0.1) is 0 Å². The number of nitrogens with zero attached hydrogens (tertiary/aromatic N) is 1. The number of aryl methyl sites for hydroxylation is 1. The van der Waals surface area contributed by atoms with Crippen LogP contribution in [0, 0.1) is 12.8 Å². The highest BCUT2D eigenvalue weighted by atomic mass is 35.5. The van der Waals surface area contributed by atoms with Crippen molar-refractivity contribution in [3.8, 4) is 5.75 Å². The Morgan fingerprint density at radius 1 is 1.38 bits per heavy atom. The van der Waals surface area contributed by atoms with E-state index in [4.69, 9.17) is 10.5 Å². The molecule has 0 radical (unpaired) electrons. The van der Waals surface area contributed by atoms with Crippen molar-refractivity contribution in [2.75, 3.05) is 32.8 Å². The molecule has 3 nitrogen and oxygen atoms in total. The Morgan fingerprint density at radius 3 is 2.71 bits per heavy atom. The maximum absolute atomic E-state index is 5.88. The van der Waals surface area contributed by atoms with Crippen LogP contribution in [0.5, 0.6) is 5.75 Å². The summed E-state index contributed by atoms with van der Waals surface area (Å²) in [6.07, 6.45) is 1.23. The van der Waals surface area contributed by atoms with Crippen LogP contribution in [-0.2, 0) is 0 Å². The normalized spacial score (nSPS) is 18.8. The molecule has 1 atom stereocenters. The van der Waals surface area contributed by atoms with Crippen molar-refractivity contribution in [1.29, 1.82) is 0 Å². The molecule has 4 heteroatoms. The minimum absolute atomic E-state index is 0. The van der Waals surface area contributed by atoms with Crippen LogP contribution in [0.3, 0.4) is 0 Å². The monoisotopic (exact) mass is 312 g/mol. The van der Waals surface area contributed by atoms with Crippen LogP contribution in [0.1, 0.15) is 37.3 Å². The number of hydrogen-bond donors (Lipinski definition) is 1. The van der Waals surface area contributed by atoms with E-state index in [0.717, 1.165) is 38.5 Å². The van der Waals surface area contributed by atoms with E-state index in [2.05, 4.69) is 43.9 Å². The molecule has 21 heavy (non-hydrogen) atoms. The van der Waals surface area contributed by atoms with Crippen LogP contribution in [0.4, 0.5) is 0 Å². The Labute approximate surface area is 135 Å². The standard InChI is InChI=1S/C17H28N2O.ClH/c1-13(2)17-5-4-16(10-14(17)3)20-9-8-19-7-6-15(11-18)12-19;/h4-5,10,13,15H,6-9,11-12,18H2,1-3H3;1H. The van der Waals surface area contributed by atoms with Crippen molar-refractivity contribution in [3.05, 3.63) is 29.3 Å². The number of rotatable bonds is 6. The molecule has 1 aromatic carbocycles. The summed E-state index contributed by atoms with van der Waals surface area (Å²) in [7, 11) is 0. The van der Waals surface area contributed by atoms with Gasteiger partial charge < -0.3 is 10.5 Å². The third-order valence-electron chi connectivity index (χ3n) is 4.24. The zero-order chi connectivity index (χ0) is 14.5. The van der Waals surface area contributed by atoms with E-state index in [0.29, 0.717) is 11.8 Å². The van der Waals surface area contributed by atoms with Crippen LogP contribution < -0.4 is 10.5 Å². The summed E-state index contributed by atoms with van der Waals surface area (Å²) in [6.45, 7) is 11.5. The van der Waals surface area contributed by atoms with Gasteiger partial charge in [-0.1, -0.05) is 19.9 Å². The zero-order valence-electron chi connectivity index (χ0n) is 13.5. The number of halogens is 1. The van der Waals surface area contributed by atoms with Crippen LogP contribution in [0.2, 0.25) is 0 Å². The maximum atomic E-state index is 5.88. The highest BCUT2D eigenvalue weighted by Crippen LogP contribution is 2.23. The first-order chi connectivity index (χ1) is 9.60. The summed E-state index contributed by atoms with van der Waals surface area (Å²) in [5, 5.41) is 0. The molecule has 2 N–H and O–H groups in total. The molecule has 1 aromatic rings. The second-order valence-corrected chi connectivity index (χ2v) is 6.21. The molecule has 0 saturated carbocycles. The van der Waals surface area contributed by atoms with Gasteiger partial charge >= 0.3 is 0 Å². The first-order valence-corrected chi connectivity index (χ1v) is 7.76. The molecule has 1 aliphatic heterocycles. The summed E-state index contributed by atoms with van der Waals surface area (Å²) < 4.78 is 5.88. The first-order valence-electron chi connectivity index (χ1n) is 7.76. The van der Waals surface area contributed by atoms with Crippen molar-refractivity contribution in [3.63, 3.8) is 0 Å². The molecule has 1 aliphatic rings. The molecule has 0 aliphatic carbocycles. The summed E-state index contributed by atoms with van der Waals surface area (Å²) in [5.41, 5.74) is 8.44. The average molecular weight is 313 g/mol. The smallest absolute Gasteiger partial charge is 0.119 e. The Bertz CT molecular complexity index is 437. The van der Waals surface area contributed by atoms with Crippen LogP contribution in [-0.4, -0.2) is 37.7 Å². The van der Waals surface area contributed by atoms with Gasteiger partial charge in [-0.05, 0) is 61.5 Å². The minimum Gasteiger partial charge on any atom is -0.492 e. The number of likely N-dealkylation sites (tertiary alicyclic amines) is 1. The molecule has 1 fully saturated rings. The number of nitrogens with two attached hydrogens (primary N) is 1. The zero-order valence-corrected chi connectivity index (χ0v) is 14.3. The molecular weight excluding hydrogens is 284 g/mol. The lowest BCUT2D eigenvalue weighted by atomic mass is 9.98. The first kappa shape index (κ1) is 18.3. The van der Waals surface area contributed by atoms with Gasteiger partial charge in [0.15, 0.2) is 0 Å². The van der Waals surface area contributed by atoms with Crippen LogP contribution in [0.25, 0.3) is 0 Å². The largest absolute Gasteiger partial charge is 0.492 e. The predicted molar refractivity (Wildman–Crippen MR) is 91.6 cm³/mol. The van der Waals surface area contributed by atoms with E-state index in [-0.39, 0.29) is 12.4 Å². The molecule has 120 valence electrons. The molecule has 0 amide bonds. The van der Waals surface area contributed by atoms with Gasteiger partial charge in [0.2, 0.25) is 0 Å². The van der Waals surface area contributed by atoms with E-state index in [1.54, 1.807) is 0 Å². The summed E-state index contributed by atoms with van der Waals surface area (Å²) in [6, 6.07) is 6.44. The molecule has 1 unspecified atom stereocenters. The van der Waals surface area contributed by atoms with Gasteiger partial charge in [0.1, 0.15) is 12.4 Å². The van der Waals surface area contributed by atoms with E-state index in [1.807, 2.05) is 0 Å². The predicted octanol–water partition coefficient (Wildman–Crippen LogP) is 3.20. The van der Waals surface area contributed by atoms with Gasteiger partial charge in [-0.25, -0.2) is 0 Å². The Morgan fingerprint density at radius 2 is 2.14 bits per heavy atom. The second kappa shape index (κ2) is 8.62. The highest BCUT2D eigenvalue weighted by molar-refractivity contribution is 5.85. The summed E-state index contributed by atoms with van der Waals surface area (Å²) in [4.78, 5) is 2.45. The third kappa shape index (κ3) is 5.17. The lowest BCUT2D eigenvalue weighted by Gasteiger charge is -2.17. The topological polar surface area (TPSA) is 38.5 Å². The highest BCUT2D eigenvalue weighted by Gasteiger charge is 2.20. The maximum Gasteiger partial charge on any atom is 0.119 e. The second-order valence-electron chi connectivity index (χ2n) is 6.21. The lowest BCUT2D eigenvalue weighted by molar-refractivity contribution is 0.233. The summed E-state index contributed by atoms with van der Waals surface area (Å²) in [5.74, 6) is 2.24. The molecule has 1 heterocycles. The van der Waals surface area contributed by atoms with Crippen LogP contribution >= 0.6 is 12.4 Å². The average Bonchev–Trinajstić information content (AvgIpc) is 2.86. The van der Waals surface area contributed by atoms with Crippen LogP contribution in [0.15, 0.2) is 18.2 Å². The quantitative estimate of drug-likeness (QED) is 0.876. The third-order valence-corrected chi connectivity index (χ3v) is 4.24. The van der Waals surface area contributed by atoms with E-state index < -0.39 is 0 Å². The number of ether oxygens (including phenoxy) is 1. The number of benzene rings is 1. The molecule has 2 rings (SSSR count). The fourth-order valence-electron chi connectivity index (χ4n) is 2.99. The molecular formula is C17H29ClN2O. The molecule has 0 bridgehead atoms. The fraction of sp³-hybridized carbons (Fsp3) is 0.647.